The maximum Gasteiger partial charge on any atom is 0.336 e. The number of aryl methyl sites for hydroxylation is 1. The topological polar surface area (TPSA) is 69.7 Å². The molecular weight excluding hydrogens is 452 g/mol. The number of hydrogen-bond acceptors (Lipinski definition) is 5. The van der Waals surface area contributed by atoms with E-state index < -0.39 is 17.9 Å². The van der Waals surface area contributed by atoms with Crippen LogP contribution in [0.3, 0.4) is 0 Å². The molecule has 1 aliphatic rings. The molecule has 0 fully saturated rings. The Balaban J connectivity index is 1.54. The summed E-state index contributed by atoms with van der Waals surface area (Å²) in [5, 5.41) is 0. The van der Waals surface area contributed by atoms with Crippen LogP contribution in [-0.4, -0.2) is 24.3 Å². The number of carbonyl (C=O) groups excluding carboxylic acids is 3. The normalized spacial score (nSPS) is 17.5. The molecule has 5 heteroatoms. The number of rotatable bonds is 7. The second-order valence-corrected chi connectivity index (χ2v) is 8.71. The van der Waals surface area contributed by atoms with E-state index in [-0.39, 0.29) is 18.3 Å². The molecule has 0 heterocycles. The summed E-state index contributed by atoms with van der Waals surface area (Å²) in [6, 6.07) is 24.4. The van der Waals surface area contributed by atoms with Gasteiger partial charge in [-0.3, -0.25) is 9.59 Å². The van der Waals surface area contributed by atoms with E-state index in [4.69, 9.17) is 9.47 Å². The Morgan fingerprint density at radius 3 is 2.31 bits per heavy atom. The minimum Gasteiger partial charge on any atom is -0.465 e. The maximum absolute atomic E-state index is 13.1. The molecule has 3 aromatic carbocycles. The Kier molecular flexibility index (Phi) is 7.91. The number of ketones is 1. The SMILES string of the molecule is CCOC(=O)C1C(=O)C=C(c2ccc(C)cc2)CC1c1ccc(OC(=O)/C=C\c2ccccc2)cc1. The molecule has 0 saturated carbocycles. The molecule has 182 valence electrons. The van der Waals surface area contributed by atoms with Gasteiger partial charge in [0.05, 0.1) is 6.61 Å². The predicted molar refractivity (Wildman–Crippen MR) is 139 cm³/mol. The van der Waals surface area contributed by atoms with Crippen LogP contribution in [0.4, 0.5) is 0 Å². The first kappa shape index (κ1) is 24.9. The van der Waals surface area contributed by atoms with Crippen molar-refractivity contribution in [1.29, 1.82) is 0 Å². The highest BCUT2D eigenvalue weighted by atomic mass is 16.5. The average Bonchev–Trinajstić information content (AvgIpc) is 2.88. The fourth-order valence-electron chi connectivity index (χ4n) is 4.33. The number of esters is 2. The van der Waals surface area contributed by atoms with Crippen molar-refractivity contribution in [1.82, 2.24) is 0 Å². The number of benzene rings is 3. The molecule has 0 aliphatic heterocycles. The van der Waals surface area contributed by atoms with Crippen molar-refractivity contribution in [3.05, 3.63) is 113 Å². The van der Waals surface area contributed by atoms with E-state index >= 15 is 0 Å². The monoisotopic (exact) mass is 480 g/mol. The second-order valence-electron chi connectivity index (χ2n) is 8.71. The first-order chi connectivity index (χ1) is 17.4. The van der Waals surface area contributed by atoms with Crippen LogP contribution in [0.2, 0.25) is 0 Å². The lowest BCUT2D eigenvalue weighted by Gasteiger charge is -2.29. The molecule has 0 radical (unpaired) electrons. The molecule has 5 nitrogen and oxygen atoms in total. The lowest BCUT2D eigenvalue weighted by atomic mass is 9.73. The maximum atomic E-state index is 13.1. The van der Waals surface area contributed by atoms with E-state index in [9.17, 15) is 14.4 Å². The summed E-state index contributed by atoms with van der Waals surface area (Å²) in [5.74, 6) is -2.20. The third kappa shape index (κ3) is 6.05. The standard InChI is InChI=1S/C31H28O5/c1-3-35-31(34)30-27(19-25(20-28(30)32)23-12-9-21(2)10-13-23)24-14-16-26(17-15-24)36-29(33)18-11-22-7-5-4-6-8-22/h4-18,20,27,30H,3,19H2,1-2H3/b18-11-. The molecular formula is C31H28O5. The van der Waals surface area contributed by atoms with Gasteiger partial charge in [-0.15, -0.1) is 0 Å². The molecule has 0 bridgehead atoms. The van der Waals surface area contributed by atoms with Crippen molar-refractivity contribution in [2.24, 2.45) is 5.92 Å². The molecule has 1 aliphatic carbocycles. The van der Waals surface area contributed by atoms with Gasteiger partial charge in [0, 0.05) is 12.0 Å². The van der Waals surface area contributed by atoms with Gasteiger partial charge in [0.1, 0.15) is 11.7 Å². The van der Waals surface area contributed by atoms with Gasteiger partial charge in [-0.25, -0.2) is 4.79 Å². The lowest BCUT2D eigenvalue weighted by molar-refractivity contribution is -0.151. The van der Waals surface area contributed by atoms with Crippen molar-refractivity contribution in [3.8, 4) is 5.75 Å². The van der Waals surface area contributed by atoms with Gasteiger partial charge in [0.15, 0.2) is 5.78 Å². The van der Waals surface area contributed by atoms with Crippen LogP contribution in [0.15, 0.2) is 91.0 Å². The van der Waals surface area contributed by atoms with Crippen molar-refractivity contribution >= 4 is 29.4 Å². The van der Waals surface area contributed by atoms with Crippen LogP contribution in [0, 0.1) is 12.8 Å². The molecule has 2 atom stereocenters. The molecule has 0 aromatic heterocycles. The Labute approximate surface area is 211 Å². The molecule has 2 unspecified atom stereocenters. The number of allylic oxidation sites excluding steroid dienone is 2. The van der Waals surface area contributed by atoms with Gasteiger partial charge in [-0.05, 0) is 66.8 Å². The second kappa shape index (κ2) is 11.5. The summed E-state index contributed by atoms with van der Waals surface area (Å²) in [4.78, 5) is 38.1. The minimum atomic E-state index is -0.915. The Morgan fingerprint density at radius 2 is 1.64 bits per heavy atom. The zero-order valence-electron chi connectivity index (χ0n) is 20.3. The summed E-state index contributed by atoms with van der Waals surface area (Å²) in [7, 11) is 0. The van der Waals surface area contributed by atoms with Crippen molar-refractivity contribution in [2.45, 2.75) is 26.2 Å². The summed E-state index contributed by atoms with van der Waals surface area (Å²) >= 11 is 0. The van der Waals surface area contributed by atoms with Crippen LogP contribution in [0.1, 0.15) is 41.5 Å². The highest BCUT2D eigenvalue weighted by Gasteiger charge is 2.39. The van der Waals surface area contributed by atoms with Gasteiger partial charge in [-0.1, -0.05) is 72.3 Å². The third-order valence-electron chi connectivity index (χ3n) is 6.17. The van der Waals surface area contributed by atoms with Crippen LogP contribution in [0.25, 0.3) is 11.6 Å². The molecule has 0 spiro atoms. The number of carbonyl (C=O) groups is 3. The van der Waals surface area contributed by atoms with E-state index in [2.05, 4.69) is 0 Å². The van der Waals surface area contributed by atoms with E-state index in [0.717, 1.165) is 27.8 Å². The van der Waals surface area contributed by atoms with Gasteiger partial charge in [0.2, 0.25) is 0 Å². The minimum absolute atomic E-state index is 0.204. The number of hydrogen-bond donors (Lipinski definition) is 0. The molecule has 36 heavy (non-hydrogen) atoms. The summed E-state index contributed by atoms with van der Waals surface area (Å²) in [5.41, 5.74) is 4.67. The summed E-state index contributed by atoms with van der Waals surface area (Å²) < 4.78 is 10.7. The zero-order valence-corrected chi connectivity index (χ0v) is 20.3. The number of ether oxygens (including phenoxy) is 2. The Morgan fingerprint density at radius 1 is 0.944 bits per heavy atom. The molecule has 0 amide bonds. The van der Waals surface area contributed by atoms with Crippen LogP contribution >= 0.6 is 0 Å². The third-order valence-corrected chi connectivity index (χ3v) is 6.17. The van der Waals surface area contributed by atoms with Gasteiger partial charge in [-0.2, -0.15) is 0 Å². The first-order valence-corrected chi connectivity index (χ1v) is 12.0. The van der Waals surface area contributed by atoms with Crippen molar-refractivity contribution < 1.29 is 23.9 Å². The molecule has 4 rings (SSSR count). The van der Waals surface area contributed by atoms with Crippen LogP contribution < -0.4 is 4.74 Å². The van der Waals surface area contributed by atoms with Gasteiger partial charge < -0.3 is 9.47 Å². The quantitative estimate of drug-likeness (QED) is 0.181. The largest absolute Gasteiger partial charge is 0.465 e. The lowest BCUT2D eigenvalue weighted by Crippen LogP contribution is -2.34. The summed E-state index contributed by atoms with van der Waals surface area (Å²) in [6.45, 7) is 3.94. The molecule has 0 saturated heterocycles. The van der Waals surface area contributed by atoms with Gasteiger partial charge in [0.25, 0.3) is 0 Å². The van der Waals surface area contributed by atoms with E-state index in [0.29, 0.717) is 12.2 Å². The highest BCUT2D eigenvalue weighted by molar-refractivity contribution is 6.10. The Bertz CT molecular complexity index is 1290. The van der Waals surface area contributed by atoms with Crippen molar-refractivity contribution in [3.63, 3.8) is 0 Å². The zero-order chi connectivity index (χ0) is 25.5. The van der Waals surface area contributed by atoms with Crippen LogP contribution in [0.5, 0.6) is 5.75 Å². The van der Waals surface area contributed by atoms with E-state index in [1.807, 2.05) is 61.5 Å². The fourth-order valence-corrected chi connectivity index (χ4v) is 4.33. The molecule has 3 aromatic rings. The molecule has 0 N–H and O–H groups in total. The summed E-state index contributed by atoms with van der Waals surface area (Å²) in [6.07, 6.45) is 5.14. The average molecular weight is 481 g/mol. The Hall–Kier alpha value is -4.25. The first-order valence-electron chi connectivity index (χ1n) is 12.0. The van der Waals surface area contributed by atoms with Crippen molar-refractivity contribution in [2.75, 3.05) is 6.61 Å². The van der Waals surface area contributed by atoms with Crippen LogP contribution in [-0.2, 0) is 19.1 Å². The predicted octanol–water partition coefficient (Wildman–Crippen LogP) is 5.93. The van der Waals surface area contributed by atoms with E-state index in [1.54, 1.807) is 43.3 Å². The fraction of sp³-hybridized carbons (Fsp3) is 0.194. The van der Waals surface area contributed by atoms with Gasteiger partial charge >= 0.3 is 11.9 Å². The smallest absolute Gasteiger partial charge is 0.336 e. The van der Waals surface area contributed by atoms with E-state index in [1.165, 1.54) is 6.08 Å². The highest BCUT2D eigenvalue weighted by Crippen LogP contribution is 2.40.